The van der Waals surface area contributed by atoms with Gasteiger partial charge in [0.2, 0.25) is 0 Å². The van der Waals surface area contributed by atoms with Crippen molar-refractivity contribution in [1.29, 1.82) is 0 Å². The predicted molar refractivity (Wildman–Crippen MR) is 182 cm³/mol. The lowest BCUT2D eigenvalue weighted by molar-refractivity contribution is 0.0622. The summed E-state index contributed by atoms with van der Waals surface area (Å²) in [5.41, 5.74) is 2.53. The number of urea groups is 2. The molecule has 2 saturated heterocycles. The average molecular weight is 653 g/mol. The fraction of sp³-hybridized carbons (Fsp3) is 0.600. The molecule has 2 aliphatic carbocycles. The highest BCUT2D eigenvalue weighted by Crippen LogP contribution is 2.46. The standard InChI is InChI=1S/C19H29N3O3S.C16H23N3O/c1-21(2)19(16-7-5-4-6-8-16)11-9-18(10-12-19)15-22(17(23)20-18)13-14-26(3,24)25;1-19(2)16(13-6-4-3-5-7-13)10-8-15(9-11-16)12-17-14(20)18-15/h4-8H,9-15H2,1-3H3,(H,20,23);3-7H,8-12H2,1-2H3,(H2,17,18,20). The summed E-state index contributed by atoms with van der Waals surface area (Å²) < 4.78 is 22.8. The lowest BCUT2D eigenvalue weighted by Crippen LogP contribution is -2.54. The second-order valence-electron chi connectivity index (χ2n) is 14.4. The number of sulfone groups is 1. The molecule has 10 nitrogen and oxygen atoms in total. The van der Waals surface area contributed by atoms with Crippen molar-refractivity contribution < 1.29 is 18.0 Å². The number of carbonyl (C=O) groups excluding carboxylic acids is 2. The Morgan fingerprint density at radius 2 is 1.15 bits per heavy atom. The lowest BCUT2D eigenvalue weighted by Gasteiger charge is -2.48. The van der Waals surface area contributed by atoms with Gasteiger partial charge in [-0.1, -0.05) is 60.7 Å². The van der Waals surface area contributed by atoms with Crippen LogP contribution in [0.4, 0.5) is 9.59 Å². The van der Waals surface area contributed by atoms with E-state index in [2.05, 4.69) is 109 Å². The number of hydrogen-bond donors (Lipinski definition) is 3. The molecule has 4 fully saturated rings. The molecule has 2 saturated carbocycles. The summed E-state index contributed by atoms with van der Waals surface area (Å²) in [6.07, 6.45) is 9.12. The van der Waals surface area contributed by atoms with Gasteiger partial charge in [-0.15, -0.1) is 0 Å². The molecular weight excluding hydrogens is 600 g/mol. The third kappa shape index (κ3) is 7.06. The Kier molecular flexibility index (Phi) is 9.78. The van der Waals surface area contributed by atoms with Gasteiger partial charge in [0.05, 0.1) is 16.8 Å². The average Bonchev–Trinajstić information content (AvgIpc) is 3.55. The largest absolute Gasteiger partial charge is 0.336 e. The Labute approximate surface area is 275 Å². The van der Waals surface area contributed by atoms with Crippen molar-refractivity contribution in [3.63, 3.8) is 0 Å². The highest BCUT2D eigenvalue weighted by atomic mass is 32.2. The van der Waals surface area contributed by atoms with E-state index in [1.165, 1.54) is 17.4 Å². The minimum atomic E-state index is -3.07. The number of rotatable bonds is 7. The van der Waals surface area contributed by atoms with Crippen LogP contribution in [0.15, 0.2) is 60.7 Å². The molecule has 4 aliphatic rings. The van der Waals surface area contributed by atoms with Crippen LogP contribution in [0, 0.1) is 0 Å². The van der Waals surface area contributed by atoms with Crippen LogP contribution in [0.25, 0.3) is 0 Å². The number of benzene rings is 2. The minimum Gasteiger partial charge on any atom is -0.336 e. The van der Waals surface area contributed by atoms with Gasteiger partial charge in [0.15, 0.2) is 0 Å². The van der Waals surface area contributed by atoms with Crippen LogP contribution in [-0.4, -0.2) is 106 Å². The van der Waals surface area contributed by atoms with Crippen LogP contribution in [0.2, 0.25) is 0 Å². The van der Waals surface area contributed by atoms with E-state index >= 15 is 0 Å². The molecule has 2 heterocycles. The van der Waals surface area contributed by atoms with Gasteiger partial charge >= 0.3 is 12.1 Å². The van der Waals surface area contributed by atoms with Gasteiger partial charge in [0.25, 0.3) is 0 Å². The smallest absolute Gasteiger partial charge is 0.318 e. The zero-order valence-corrected chi connectivity index (χ0v) is 29.0. The normalized spacial score (nSPS) is 31.1. The van der Waals surface area contributed by atoms with Crippen LogP contribution in [-0.2, 0) is 20.9 Å². The maximum absolute atomic E-state index is 12.3. The summed E-state index contributed by atoms with van der Waals surface area (Å²) in [6, 6.07) is 21.2. The van der Waals surface area contributed by atoms with Gasteiger partial charge in [-0.2, -0.15) is 0 Å². The van der Waals surface area contributed by atoms with Gasteiger partial charge in [-0.25, -0.2) is 18.0 Å². The summed E-state index contributed by atoms with van der Waals surface area (Å²) in [4.78, 5) is 30.1. The maximum Gasteiger partial charge on any atom is 0.318 e. The molecule has 0 unspecified atom stereocenters. The third-order valence-corrected chi connectivity index (χ3v) is 12.2. The van der Waals surface area contributed by atoms with Gasteiger partial charge in [-0.3, -0.25) is 9.80 Å². The molecule has 0 aromatic heterocycles. The second-order valence-corrected chi connectivity index (χ2v) is 16.7. The van der Waals surface area contributed by atoms with E-state index in [1.807, 2.05) is 6.07 Å². The molecule has 46 heavy (non-hydrogen) atoms. The first kappa shape index (κ1) is 34.2. The van der Waals surface area contributed by atoms with Crippen LogP contribution in [0.1, 0.15) is 62.5 Å². The van der Waals surface area contributed by atoms with E-state index in [4.69, 9.17) is 0 Å². The fourth-order valence-electron chi connectivity index (χ4n) is 8.17. The van der Waals surface area contributed by atoms with E-state index < -0.39 is 9.84 Å². The minimum absolute atomic E-state index is 0.0120. The number of nitrogens with zero attached hydrogens (tertiary/aromatic N) is 3. The van der Waals surface area contributed by atoms with Crippen LogP contribution >= 0.6 is 0 Å². The molecule has 2 aromatic carbocycles. The van der Waals surface area contributed by atoms with Gasteiger partial charge in [0.1, 0.15) is 9.84 Å². The van der Waals surface area contributed by atoms with Crippen molar-refractivity contribution in [3.05, 3.63) is 71.8 Å². The molecule has 2 aromatic rings. The molecule has 2 aliphatic heterocycles. The molecule has 2 spiro atoms. The molecule has 0 bridgehead atoms. The number of carbonyl (C=O) groups is 2. The highest BCUT2D eigenvalue weighted by molar-refractivity contribution is 7.90. The Hall–Kier alpha value is -3.15. The summed E-state index contributed by atoms with van der Waals surface area (Å²) >= 11 is 0. The summed E-state index contributed by atoms with van der Waals surface area (Å²) in [6.45, 7) is 1.63. The SMILES string of the molecule is CN(C)C1(c2ccccc2)CCC2(CC1)CN(CCS(C)(=O)=O)C(=O)N2.CN(C)C1(c2ccccc2)CCC2(CC1)CNC(=O)N2. The highest BCUT2D eigenvalue weighted by Gasteiger charge is 2.50. The van der Waals surface area contributed by atoms with Gasteiger partial charge in [-0.05, 0) is 90.7 Å². The predicted octanol–water partition coefficient (Wildman–Crippen LogP) is 3.90. The van der Waals surface area contributed by atoms with E-state index in [0.29, 0.717) is 6.54 Å². The monoisotopic (exact) mass is 652 g/mol. The zero-order valence-electron chi connectivity index (χ0n) is 28.1. The fourth-order valence-corrected chi connectivity index (χ4v) is 8.72. The zero-order chi connectivity index (χ0) is 33.2. The topological polar surface area (TPSA) is 114 Å². The summed E-state index contributed by atoms with van der Waals surface area (Å²) in [5, 5.41) is 9.20. The molecular formula is C35H52N6O4S. The van der Waals surface area contributed by atoms with E-state index in [9.17, 15) is 18.0 Å². The van der Waals surface area contributed by atoms with Crippen molar-refractivity contribution in [2.75, 3.05) is 59.8 Å². The summed E-state index contributed by atoms with van der Waals surface area (Å²) in [5.74, 6) is 0.0160. The first-order valence-corrected chi connectivity index (χ1v) is 18.6. The van der Waals surface area contributed by atoms with Crippen molar-refractivity contribution in [3.8, 4) is 0 Å². The Morgan fingerprint density at radius 1 is 0.696 bits per heavy atom. The maximum atomic E-state index is 12.3. The number of hydrogen-bond acceptors (Lipinski definition) is 6. The summed E-state index contributed by atoms with van der Waals surface area (Å²) in [7, 11) is 5.50. The van der Waals surface area contributed by atoms with Crippen molar-refractivity contribution in [2.24, 2.45) is 0 Å². The third-order valence-electron chi connectivity index (χ3n) is 11.3. The molecule has 252 valence electrons. The van der Waals surface area contributed by atoms with Crippen LogP contribution in [0.5, 0.6) is 0 Å². The first-order chi connectivity index (χ1) is 21.7. The van der Waals surface area contributed by atoms with Crippen molar-refractivity contribution in [2.45, 2.75) is 73.5 Å². The first-order valence-electron chi connectivity index (χ1n) is 16.5. The molecule has 6 rings (SSSR count). The molecule has 0 atom stereocenters. The molecule has 3 N–H and O–H groups in total. The van der Waals surface area contributed by atoms with Gasteiger partial charge < -0.3 is 20.9 Å². The Balaban J connectivity index is 0.000000187. The molecule has 0 radical (unpaired) electrons. The van der Waals surface area contributed by atoms with Gasteiger partial charge in [0, 0.05) is 37.0 Å². The van der Waals surface area contributed by atoms with E-state index in [0.717, 1.165) is 57.9 Å². The van der Waals surface area contributed by atoms with E-state index in [-0.39, 0.29) is 46.5 Å². The Morgan fingerprint density at radius 3 is 1.54 bits per heavy atom. The second kappa shape index (κ2) is 13.2. The Bertz CT molecular complexity index is 1460. The lowest BCUT2D eigenvalue weighted by atomic mass is 9.69. The van der Waals surface area contributed by atoms with Crippen LogP contribution < -0.4 is 16.0 Å². The molecule has 4 amide bonds. The van der Waals surface area contributed by atoms with E-state index in [1.54, 1.807) is 4.90 Å². The number of nitrogens with one attached hydrogen (secondary N) is 3. The quantitative estimate of drug-likeness (QED) is 0.419. The molecule has 11 heteroatoms. The number of amides is 4. The van der Waals surface area contributed by atoms with Crippen LogP contribution in [0.3, 0.4) is 0 Å². The van der Waals surface area contributed by atoms with Crippen molar-refractivity contribution >= 4 is 21.9 Å². The van der Waals surface area contributed by atoms with Crippen molar-refractivity contribution in [1.82, 2.24) is 30.7 Å².